The van der Waals surface area contributed by atoms with E-state index < -0.39 is 0 Å². The molecule has 0 spiro atoms. The molecule has 3 aromatic rings. The minimum absolute atomic E-state index is 0.171. The number of fused-ring (bicyclic) bond motifs is 3. The lowest BCUT2D eigenvalue weighted by Crippen LogP contribution is -2.43. The van der Waals surface area contributed by atoms with Crippen LogP contribution in [0.3, 0.4) is 0 Å². The van der Waals surface area contributed by atoms with Gasteiger partial charge < -0.3 is 20.3 Å². The Kier molecular flexibility index (Phi) is 6.63. The highest BCUT2D eigenvalue weighted by Gasteiger charge is 2.45. The predicted molar refractivity (Wildman–Crippen MR) is 146 cm³/mol. The molecule has 0 saturated carbocycles. The second-order valence-corrected chi connectivity index (χ2v) is 10.7. The maximum absolute atomic E-state index is 6.66. The van der Waals surface area contributed by atoms with E-state index in [4.69, 9.17) is 26.3 Å². The van der Waals surface area contributed by atoms with Gasteiger partial charge in [0.15, 0.2) is 0 Å². The number of hydrogen-bond acceptors (Lipinski definition) is 7. The molecule has 1 aromatic heterocycles. The Balaban J connectivity index is 1.30. The molecule has 2 fully saturated rings. The van der Waals surface area contributed by atoms with Crippen LogP contribution < -0.4 is 20.3 Å². The van der Waals surface area contributed by atoms with Gasteiger partial charge in [-0.3, -0.25) is 4.90 Å². The molecule has 2 saturated heterocycles. The molecule has 8 heteroatoms. The molecule has 3 aliphatic rings. The first-order valence-corrected chi connectivity index (χ1v) is 13.6. The Labute approximate surface area is 218 Å². The average Bonchev–Trinajstić information content (AvgIpc) is 3.48. The van der Waals surface area contributed by atoms with E-state index in [0.29, 0.717) is 19.2 Å². The topological polar surface area (TPSA) is 65.6 Å². The third kappa shape index (κ3) is 4.38. The standard InChI is InChI=1S/C28H35ClN6O/c1-30-13-14-31-26-21-10-17-34(24-9-3-7-20-6-2-8-22(29)25(20)24)18-23(21)32-27(33-26)36-19-28-11-4-15-35(28)16-5-12-28/h2-3,6-9,30H,4-5,10-19H2,1H3,(H,31,32,33). The summed E-state index contributed by atoms with van der Waals surface area (Å²) in [6.07, 6.45) is 5.80. The number of halogens is 1. The van der Waals surface area contributed by atoms with Crippen LogP contribution in [0, 0.1) is 0 Å². The van der Waals surface area contributed by atoms with E-state index in [9.17, 15) is 0 Å². The zero-order chi connectivity index (χ0) is 24.5. The highest BCUT2D eigenvalue weighted by atomic mass is 35.5. The summed E-state index contributed by atoms with van der Waals surface area (Å²) in [4.78, 5) is 14.8. The first-order chi connectivity index (χ1) is 17.7. The summed E-state index contributed by atoms with van der Waals surface area (Å²) in [5.74, 6) is 0.910. The fourth-order valence-electron chi connectivity index (χ4n) is 6.33. The fraction of sp³-hybridized carbons (Fsp3) is 0.500. The molecule has 36 heavy (non-hydrogen) atoms. The van der Waals surface area contributed by atoms with Gasteiger partial charge >= 0.3 is 6.01 Å². The average molecular weight is 507 g/mol. The first kappa shape index (κ1) is 23.8. The number of hydrogen-bond donors (Lipinski definition) is 2. The molecule has 0 aliphatic carbocycles. The highest BCUT2D eigenvalue weighted by molar-refractivity contribution is 6.36. The number of aromatic nitrogens is 2. The Hall–Kier alpha value is -2.61. The summed E-state index contributed by atoms with van der Waals surface area (Å²) in [5, 5.41) is 9.79. The first-order valence-electron chi connectivity index (χ1n) is 13.3. The largest absolute Gasteiger partial charge is 0.461 e. The minimum Gasteiger partial charge on any atom is -0.461 e. The molecule has 0 amide bonds. The Bertz CT molecular complexity index is 1230. The van der Waals surface area contributed by atoms with Gasteiger partial charge in [0.1, 0.15) is 12.4 Å². The van der Waals surface area contributed by atoms with Crippen molar-refractivity contribution in [3.05, 3.63) is 52.7 Å². The van der Waals surface area contributed by atoms with Crippen molar-refractivity contribution in [1.29, 1.82) is 0 Å². The molecule has 0 atom stereocenters. The van der Waals surface area contributed by atoms with Crippen molar-refractivity contribution >= 4 is 33.9 Å². The number of benzene rings is 2. The third-order valence-corrected chi connectivity index (χ3v) is 8.48. The monoisotopic (exact) mass is 506 g/mol. The van der Waals surface area contributed by atoms with E-state index >= 15 is 0 Å². The smallest absolute Gasteiger partial charge is 0.318 e. The summed E-state index contributed by atoms with van der Waals surface area (Å²) in [6, 6.07) is 13.0. The van der Waals surface area contributed by atoms with Crippen LogP contribution >= 0.6 is 11.6 Å². The van der Waals surface area contributed by atoms with Crippen LogP contribution in [0.2, 0.25) is 5.02 Å². The van der Waals surface area contributed by atoms with Gasteiger partial charge in [-0.2, -0.15) is 9.97 Å². The lowest BCUT2D eigenvalue weighted by atomic mass is 9.95. The van der Waals surface area contributed by atoms with Crippen molar-refractivity contribution < 1.29 is 4.74 Å². The summed E-state index contributed by atoms with van der Waals surface area (Å²) in [5.41, 5.74) is 3.56. The number of ether oxygens (including phenoxy) is 1. The molecule has 190 valence electrons. The van der Waals surface area contributed by atoms with Crippen molar-refractivity contribution in [2.45, 2.75) is 44.2 Å². The Morgan fingerprint density at radius 3 is 2.64 bits per heavy atom. The van der Waals surface area contributed by atoms with Gasteiger partial charge in [0, 0.05) is 36.3 Å². The minimum atomic E-state index is 0.171. The molecule has 2 aromatic carbocycles. The number of rotatable bonds is 8. The molecule has 0 unspecified atom stereocenters. The zero-order valence-electron chi connectivity index (χ0n) is 21.0. The Morgan fingerprint density at radius 1 is 1.03 bits per heavy atom. The van der Waals surface area contributed by atoms with E-state index in [0.717, 1.165) is 59.0 Å². The molecular weight excluding hydrogens is 472 g/mol. The van der Waals surface area contributed by atoms with Crippen molar-refractivity contribution in [2.24, 2.45) is 0 Å². The van der Waals surface area contributed by atoms with E-state index in [1.165, 1.54) is 44.3 Å². The van der Waals surface area contributed by atoms with Crippen LogP contribution in [0.1, 0.15) is 36.9 Å². The summed E-state index contributed by atoms with van der Waals surface area (Å²) in [6.45, 7) is 6.32. The molecular formula is C28H35ClN6O. The normalized spacial score (nSPS) is 18.9. The van der Waals surface area contributed by atoms with Gasteiger partial charge in [-0.15, -0.1) is 0 Å². The van der Waals surface area contributed by atoms with E-state index in [2.05, 4.69) is 44.7 Å². The maximum Gasteiger partial charge on any atom is 0.318 e. The molecule has 0 radical (unpaired) electrons. The zero-order valence-corrected chi connectivity index (χ0v) is 21.8. The Morgan fingerprint density at radius 2 is 1.83 bits per heavy atom. The van der Waals surface area contributed by atoms with Crippen molar-refractivity contribution in [2.75, 3.05) is 56.6 Å². The second-order valence-electron chi connectivity index (χ2n) is 10.3. The van der Waals surface area contributed by atoms with E-state index in [1.807, 2.05) is 19.2 Å². The molecule has 6 rings (SSSR count). The molecule has 3 aliphatic heterocycles. The van der Waals surface area contributed by atoms with Gasteiger partial charge in [-0.25, -0.2) is 0 Å². The SMILES string of the molecule is CNCCNc1nc(OCC23CCCN2CCC3)nc2c1CCN(c1cccc3cccc(Cl)c13)C2. The van der Waals surface area contributed by atoms with Crippen molar-refractivity contribution in [3.63, 3.8) is 0 Å². The van der Waals surface area contributed by atoms with E-state index in [1.54, 1.807) is 0 Å². The lowest BCUT2D eigenvalue weighted by molar-refractivity contribution is 0.107. The summed E-state index contributed by atoms with van der Waals surface area (Å²) >= 11 is 6.66. The number of likely N-dealkylation sites (N-methyl/N-ethyl adjacent to an activating group) is 1. The second kappa shape index (κ2) is 10.0. The van der Waals surface area contributed by atoms with Gasteiger partial charge in [0.2, 0.25) is 0 Å². The van der Waals surface area contributed by atoms with Crippen LogP contribution in [-0.2, 0) is 13.0 Å². The van der Waals surface area contributed by atoms with Gasteiger partial charge in [-0.05, 0) is 69.8 Å². The van der Waals surface area contributed by atoms with Gasteiger partial charge in [0.25, 0.3) is 0 Å². The summed E-state index contributed by atoms with van der Waals surface area (Å²) < 4.78 is 6.38. The number of anilines is 2. The highest BCUT2D eigenvalue weighted by Crippen LogP contribution is 2.40. The number of nitrogens with one attached hydrogen (secondary N) is 2. The van der Waals surface area contributed by atoms with Crippen LogP contribution in [0.4, 0.5) is 11.5 Å². The van der Waals surface area contributed by atoms with Crippen molar-refractivity contribution in [1.82, 2.24) is 20.2 Å². The maximum atomic E-state index is 6.66. The third-order valence-electron chi connectivity index (χ3n) is 8.17. The van der Waals surface area contributed by atoms with Crippen LogP contribution in [0.15, 0.2) is 36.4 Å². The van der Waals surface area contributed by atoms with Crippen LogP contribution in [-0.4, -0.2) is 66.8 Å². The quantitative estimate of drug-likeness (QED) is 0.436. The van der Waals surface area contributed by atoms with Crippen LogP contribution in [0.5, 0.6) is 6.01 Å². The molecule has 7 nitrogen and oxygen atoms in total. The fourth-order valence-corrected chi connectivity index (χ4v) is 6.61. The van der Waals surface area contributed by atoms with E-state index in [-0.39, 0.29) is 5.54 Å². The van der Waals surface area contributed by atoms with Crippen LogP contribution in [0.25, 0.3) is 10.8 Å². The summed E-state index contributed by atoms with van der Waals surface area (Å²) in [7, 11) is 1.97. The molecule has 4 heterocycles. The predicted octanol–water partition coefficient (Wildman–Crippen LogP) is 4.48. The lowest BCUT2D eigenvalue weighted by Gasteiger charge is -2.33. The molecule has 0 bridgehead atoms. The molecule has 2 N–H and O–H groups in total. The number of nitrogens with zero attached hydrogens (tertiary/aromatic N) is 4. The van der Waals surface area contributed by atoms with Gasteiger partial charge in [0.05, 0.1) is 22.8 Å². The van der Waals surface area contributed by atoms with Gasteiger partial charge in [-0.1, -0.05) is 35.9 Å². The van der Waals surface area contributed by atoms with Crippen molar-refractivity contribution in [3.8, 4) is 6.01 Å².